The average Bonchev–Trinajstić information content (AvgIpc) is 3.18. The molecular formula is C18H21FN4O2. The largest absolute Gasteiger partial charge is 0.351 e. The van der Waals surface area contributed by atoms with Crippen molar-refractivity contribution in [2.75, 3.05) is 6.54 Å². The molecule has 0 radical (unpaired) electrons. The van der Waals surface area contributed by atoms with Crippen LogP contribution in [-0.4, -0.2) is 27.6 Å². The van der Waals surface area contributed by atoms with Crippen LogP contribution in [-0.2, 0) is 6.42 Å². The highest BCUT2D eigenvalue weighted by atomic mass is 19.1. The Morgan fingerprint density at radius 2 is 2.16 bits per heavy atom. The molecule has 0 saturated heterocycles. The number of rotatable bonds is 6. The highest BCUT2D eigenvalue weighted by Crippen LogP contribution is 2.21. The molecule has 132 valence electrons. The molecule has 2 heterocycles. The monoisotopic (exact) mass is 344 g/mol. The summed E-state index contributed by atoms with van der Waals surface area (Å²) in [7, 11) is 0. The van der Waals surface area contributed by atoms with Crippen LogP contribution in [0, 0.1) is 12.7 Å². The Bertz CT molecular complexity index is 898. The number of aromatic amines is 1. The zero-order chi connectivity index (χ0) is 18.0. The molecule has 0 saturated carbocycles. The number of aromatic nitrogens is 3. The second-order valence-electron chi connectivity index (χ2n) is 6.43. The highest BCUT2D eigenvalue weighted by molar-refractivity contribution is 5.98. The molecule has 0 spiro atoms. The summed E-state index contributed by atoms with van der Waals surface area (Å²) in [6, 6.07) is 4.58. The zero-order valence-corrected chi connectivity index (χ0v) is 14.5. The normalized spacial score (nSPS) is 11.4. The first kappa shape index (κ1) is 17.1. The summed E-state index contributed by atoms with van der Waals surface area (Å²) in [5.74, 6) is 0.963. The average molecular weight is 344 g/mol. The van der Waals surface area contributed by atoms with Crippen molar-refractivity contribution in [1.29, 1.82) is 0 Å². The first-order valence-electron chi connectivity index (χ1n) is 8.33. The van der Waals surface area contributed by atoms with Gasteiger partial charge in [-0.15, -0.1) is 0 Å². The first-order chi connectivity index (χ1) is 11.9. The molecule has 0 aliphatic heterocycles. The molecule has 0 unspecified atom stereocenters. The minimum atomic E-state index is -0.320. The molecule has 3 aromatic rings. The Morgan fingerprint density at radius 1 is 1.36 bits per heavy atom. The maximum Gasteiger partial charge on any atom is 0.267 e. The van der Waals surface area contributed by atoms with Crippen molar-refractivity contribution < 1.29 is 13.7 Å². The third-order valence-corrected chi connectivity index (χ3v) is 4.01. The van der Waals surface area contributed by atoms with Crippen LogP contribution in [0.15, 0.2) is 22.7 Å². The van der Waals surface area contributed by atoms with Gasteiger partial charge in [-0.1, -0.05) is 19.0 Å². The number of aryl methyl sites for hydroxylation is 2. The third-order valence-electron chi connectivity index (χ3n) is 4.01. The van der Waals surface area contributed by atoms with Crippen molar-refractivity contribution >= 4 is 16.8 Å². The number of benzene rings is 1. The summed E-state index contributed by atoms with van der Waals surface area (Å²) in [6.45, 7) is 6.31. The van der Waals surface area contributed by atoms with E-state index in [2.05, 4.69) is 20.4 Å². The molecule has 0 aliphatic rings. The number of halogens is 1. The molecule has 1 aromatic carbocycles. The van der Waals surface area contributed by atoms with E-state index in [9.17, 15) is 9.18 Å². The van der Waals surface area contributed by atoms with E-state index in [1.807, 2.05) is 20.8 Å². The van der Waals surface area contributed by atoms with Crippen LogP contribution in [0.25, 0.3) is 10.9 Å². The Kier molecular flexibility index (Phi) is 4.83. The van der Waals surface area contributed by atoms with Gasteiger partial charge in [-0.3, -0.25) is 4.79 Å². The van der Waals surface area contributed by atoms with Gasteiger partial charge in [-0.25, -0.2) is 4.39 Å². The zero-order valence-electron chi connectivity index (χ0n) is 14.5. The molecule has 0 bridgehead atoms. The smallest absolute Gasteiger partial charge is 0.267 e. The highest BCUT2D eigenvalue weighted by Gasteiger charge is 2.12. The fourth-order valence-electron chi connectivity index (χ4n) is 2.64. The molecule has 0 aliphatic carbocycles. The van der Waals surface area contributed by atoms with E-state index in [0.29, 0.717) is 42.3 Å². The molecule has 0 atom stereocenters. The van der Waals surface area contributed by atoms with E-state index < -0.39 is 0 Å². The number of nitrogens with zero attached hydrogens (tertiary/aromatic N) is 2. The minimum absolute atomic E-state index is 0.218. The van der Waals surface area contributed by atoms with E-state index in [0.717, 1.165) is 10.9 Å². The van der Waals surface area contributed by atoms with Crippen LogP contribution in [0.3, 0.4) is 0 Å². The summed E-state index contributed by atoms with van der Waals surface area (Å²) in [6.07, 6.45) is 1.30. The number of hydrogen-bond donors (Lipinski definition) is 2. The minimum Gasteiger partial charge on any atom is -0.351 e. The molecule has 6 nitrogen and oxygen atoms in total. The summed E-state index contributed by atoms with van der Waals surface area (Å²) < 4.78 is 18.6. The van der Waals surface area contributed by atoms with E-state index >= 15 is 0 Å². The maximum absolute atomic E-state index is 13.4. The number of H-pyrrole nitrogens is 1. The number of hydrogen-bond acceptors (Lipinski definition) is 4. The van der Waals surface area contributed by atoms with Crippen LogP contribution in [0.4, 0.5) is 4.39 Å². The number of amides is 1. The summed E-state index contributed by atoms with van der Waals surface area (Å²) >= 11 is 0. The van der Waals surface area contributed by atoms with Gasteiger partial charge in [0.1, 0.15) is 11.5 Å². The molecule has 7 heteroatoms. The molecule has 0 fully saturated rings. The van der Waals surface area contributed by atoms with Gasteiger partial charge in [-0.05, 0) is 37.1 Å². The molecule has 1 amide bonds. The van der Waals surface area contributed by atoms with Gasteiger partial charge in [-0.2, -0.15) is 4.98 Å². The molecule has 25 heavy (non-hydrogen) atoms. The maximum atomic E-state index is 13.4. The third kappa shape index (κ3) is 3.87. The number of nitrogens with one attached hydrogen (secondary N) is 2. The van der Waals surface area contributed by atoms with Crippen molar-refractivity contribution in [3.05, 3.63) is 47.0 Å². The lowest BCUT2D eigenvalue weighted by atomic mass is 10.1. The first-order valence-corrected chi connectivity index (χ1v) is 8.33. The van der Waals surface area contributed by atoms with Crippen molar-refractivity contribution in [3.8, 4) is 0 Å². The quantitative estimate of drug-likeness (QED) is 0.671. The van der Waals surface area contributed by atoms with Crippen molar-refractivity contribution in [2.24, 2.45) is 0 Å². The second kappa shape index (κ2) is 7.04. The lowest BCUT2D eigenvalue weighted by Crippen LogP contribution is -2.25. The second-order valence-corrected chi connectivity index (χ2v) is 6.43. The van der Waals surface area contributed by atoms with Gasteiger partial charge in [0.05, 0.1) is 0 Å². The van der Waals surface area contributed by atoms with Crippen LogP contribution in [0.2, 0.25) is 0 Å². The standard InChI is InChI=1S/C18H21FN4O2/c1-10(2)17-22-16(25-23-17)5-4-6-20-18(24)15-9-13-11(3)7-12(19)8-14(13)21-15/h7-10,21H,4-6H2,1-3H3,(H,20,24). The van der Waals surface area contributed by atoms with Gasteiger partial charge >= 0.3 is 0 Å². The fourth-order valence-corrected chi connectivity index (χ4v) is 2.64. The van der Waals surface area contributed by atoms with Crippen LogP contribution in [0.5, 0.6) is 0 Å². The summed E-state index contributed by atoms with van der Waals surface area (Å²) in [4.78, 5) is 19.5. The van der Waals surface area contributed by atoms with Crippen molar-refractivity contribution in [1.82, 2.24) is 20.4 Å². The summed E-state index contributed by atoms with van der Waals surface area (Å²) in [5.41, 5.74) is 1.83. The van der Waals surface area contributed by atoms with Crippen LogP contribution < -0.4 is 5.32 Å². The Labute approximate surface area is 144 Å². The lowest BCUT2D eigenvalue weighted by Gasteiger charge is -2.01. The van der Waals surface area contributed by atoms with Gasteiger partial charge in [0, 0.05) is 29.8 Å². The summed E-state index contributed by atoms with van der Waals surface area (Å²) in [5, 5.41) is 7.59. The Morgan fingerprint density at radius 3 is 2.88 bits per heavy atom. The van der Waals surface area contributed by atoms with Gasteiger partial charge < -0.3 is 14.8 Å². The van der Waals surface area contributed by atoms with Gasteiger partial charge in [0.2, 0.25) is 5.89 Å². The van der Waals surface area contributed by atoms with Crippen molar-refractivity contribution in [3.63, 3.8) is 0 Å². The number of carbonyl (C=O) groups is 1. The van der Waals surface area contributed by atoms with Crippen LogP contribution in [0.1, 0.15) is 54.0 Å². The van der Waals surface area contributed by atoms with Gasteiger partial charge in [0.15, 0.2) is 5.82 Å². The fraction of sp³-hybridized carbons (Fsp3) is 0.389. The van der Waals surface area contributed by atoms with Crippen LogP contribution >= 0.6 is 0 Å². The Balaban J connectivity index is 1.55. The number of fused-ring (bicyclic) bond motifs is 1. The van der Waals surface area contributed by atoms with Gasteiger partial charge in [0.25, 0.3) is 5.91 Å². The van der Waals surface area contributed by atoms with Crippen molar-refractivity contribution in [2.45, 2.75) is 39.5 Å². The molecule has 2 aromatic heterocycles. The number of carbonyl (C=O) groups excluding carboxylic acids is 1. The Hall–Kier alpha value is -2.70. The van der Waals surface area contributed by atoms with E-state index in [4.69, 9.17) is 4.52 Å². The predicted molar refractivity (Wildman–Crippen MR) is 92.0 cm³/mol. The van der Waals surface area contributed by atoms with E-state index in [1.165, 1.54) is 12.1 Å². The SMILES string of the molecule is Cc1cc(F)cc2[nH]c(C(=O)NCCCc3nc(C(C)C)no3)cc12. The topological polar surface area (TPSA) is 83.8 Å². The predicted octanol–water partition coefficient (Wildman–Crippen LogP) is 3.48. The molecule has 3 rings (SSSR count). The molecular weight excluding hydrogens is 323 g/mol. The molecule has 2 N–H and O–H groups in total. The lowest BCUT2D eigenvalue weighted by molar-refractivity contribution is 0.0948. The van der Waals surface area contributed by atoms with E-state index in [1.54, 1.807) is 6.07 Å². The van der Waals surface area contributed by atoms with E-state index in [-0.39, 0.29) is 17.6 Å².